The van der Waals surface area contributed by atoms with E-state index in [0.29, 0.717) is 17.4 Å². The Kier molecular flexibility index (Phi) is 5.33. The highest BCUT2D eigenvalue weighted by molar-refractivity contribution is 7.99. The van der Waals surface area contributed by atoms with Crippen molar-refractivity contribution in [3.8, 4) is 0 Å². The number of thioether (sulfide) groups is 1. The standard InChI is InChI=1S/C9H12N4O4S/c1-17-2-3-18-9-7(8(10)12-14)4-6(5-11-9)13(15)16/h4-5,14H,2-3H2,1H3,(H2,10,12). The molecule has 3 N–H and O–H groups in total. The van der Waals surface area contributed by atoms with Gasteiger partial charge in [0, 0.05) is 18.9 Å². The highest BCUT2D eigenvalue weighted by Gasteiger charge is 2.15. The Bertz CT molecular complexity index is 466. The minimum atomic E-state index is -0.593. The van der Waals surface area contributed by atoms with Gasteiger partial charge in [0.2, 0.25) is 0 Å². The van der Waals surface area contributed by atoms with E-state index in [2.05, 4.69) is 10.1 Å². The van der Waals surface area contributed by atoms with E-state index < -0.39 is 4.92 Å². The van der Waals surface area contributed by atoms with Crippen LogP contribution in [0.15, 0.2) is 22.4 Å². The molecule has 8 nitrogen and oxygen atoms in total. The Balaban J connectivity index is 3.05. The first kappa shape index (κ1) is 14.2. The smallest absolute Gasteiger partial charge is 0.288 e. The Morgan fingerprint density at radius 3 is 3.06 bits per heavy atom. The predicted molar refractivity (Wildman–Crippen MR) is 66.0 cm³/mol. The van der Waals surface area contributed by atoms with Crippen LogP contribution in [-0.4, -0.2) is 40.4 Å². The van der Waals surface area contributed by atoms with E-state index in [4.69, 9.17) is 15.7 Å². The van der Waals surface area contributed by atoms with Crippen LogP contribution in [0.4, 0.5) is 5.69 Å². The number of amidine groups is 1. The minimum Gasteiger partial charge on any atom is -0.409 e. The summed E-state index contributed by atoms with van der Waals surface area (Å²) in [6.45, 7) is 0.499. The first-order valence-electron chi connectivity index (χ1n) is 4.84. The van der Waals surface area contributed by atoms with Gasteiger partial charge in [0.25, 0.3) is 5.69 Å². The molecule has 1 aromatic rings. The van der Waals surface area contributed by atoms with Crippen LogP contribution in [0.1, 0.15) is 5.56 Å². The van der Waals surface area contributed by atoms with Gasteiger partial charge in [-0.3, -0.25) is 10.1 Å². The summed E-state index contributed by atoms with van der Waals surface area (Å²) in [5, 5.41) is 22.6. The summed E-state index contributed by atoms with van der Waals surface area (Å²) in [6, 6.07) is 1.22. The molecule has 18 heavy (non-hydrogen) atoms. The first-order chi connectivity index (χ1) is 8.60. The van der Waals surface area contributed by atoms with Gasteiger partial charge in [-0.1, -0.05) is 5.16 Å². The molecule has 0 aliphatic rings. The van der Waals surface area contributed by atoms with Crippen LogP contribution in [0.5, 0.6) is 0 Å². The number of hydrogen-bond donors (Lipinski definition) is 2. The number of nitrogens with two attached hydrogens (primary N) is 1. The summed E-state index contributed by atoms with van der Waals surface area (Å²) < 4.78 is 4.88. The largest absolute Gasteiger partial charge is 0.409 e. The van der Waals surface area contributed by atoms with E-state index >= 15 is 0 Å². The van der Waals surface area contributed by atoms with Crippen LogP contribution in [0.2, 0.25) is 0 Å². The van der Waals surface area contributed by atoms with Gasteiger partial charge in [-0.2, -0.15) is 0 Å². The molecule has 0 unspecified atom stereocenters. The number of ether oxygens (including phenoxy) is 1. The van der Waals surface area contributed by atoms with Crippen LogP contribution in [0.25, 0.3) is 0 Å². The molecule has 0 saturated heterocycles. The zero-order chi connectivity index (χ0) is 13.5. The molecule has 0 spiro atoms. The third-order valence-electron chi connectivity index (χ3n) is 1.96. The Hall–Kier alpha value is -1.87. The summed E-state index contributed by atoms with van der Waals surface area (Å²) >= 11 is 1.31. The van der Waals surface area contributed by atoms with Gasteiger partial charge >= 0.3 is 0 Å². The molecule has 0 bridgehead atoms. The van der Waals surface area contributed by atoms with Crippen LogP contribution in [0.3, 0.4) is 0 Å². The van der Waals surface area contributed by atoms with E-state index in [0.717, 1.165) is 6.20 Å². The van der Waals surface area contributed by atoms with E-state index in [9.17, 15) is 10.1 Å². The highest BCUT2D eigenvalue weighted by Crippen LogP contribution is 2.23. The number of pyridine rings is 1. The van der Waals surface area contributed by atoms with Gasteiger partial charge in [0.05, 0.1) is 17.1 Å². The topological polar surface area (TPSA) is 124 Å². The summed E-state index contributed by atoms with van der Waals surface area (Å²) in [5.41, 5.74) is 5.48. The molecule has 1 heterocycles. The summed E-state index contributed by atoms with van der Waals surface area (Å²) in [7, 11) is 1.56. The van der Waals surface area contributed by atoms with Gasteiger partial charge in [-0.25, -0.2) is 4.98 Å². The third-order valence-corrected chi connectivity index (χ3v) is 2.93. The van der Waals surface area contributed by atoms with Crippen LogP contribution < -0.4 is 5.73 Å². The van der Waals surface area contributed by atoms with Crippen molar-refractivity contribution < 1.29 is 14.9 Å². The SMILES string of the molecule is COCCSc1ncc([N+](=O)[O-])cc1C(N)=NO. The molecule has 0 aliphatic heterocycles. The monoisotopic (exact) mass is 272 g/mol. The highest BCUT2D eigenvalue weighted by atomic mass is 32.2. The van der Waals surface area contributed by atoms with Crippen LogP contribution in [0, 0.1) is 10.1 Å². The number of oxime groups is 1. The molecular weight excluding hydrogens is 260 g/mol. The normalized spacial score (nSPS) is 11.5. The summed E-state index contributed by atoms with van der Waals surface area (Å²) in [5.74, 6) is 0.388. The third kappa shape index (κ3) is 3.57. The second kappa shape index (κ2) is 6.77. The van der Waals surface area contributed by atoms with Crippen molar-refractivity contribution in [3.63, 3.8) is 0 Å². The van der Waals surface area contributed by atoms with Gasteiger partial charge in [-0.15, -0.1) is 11.8 Å². The maximum atomic E-state index is 10.6. The molecule has 0 saturated carbocycles. The van der Waals surface area contributed by atoms with E-state index in [1.807, 2.05) is 0 Å². The molecule has 1 aromatic heterocycles. The fraction of sp³-hybridized carbons (Fsp3) is 0.333. The number of methoxy groups -OCH3 is 1. The minimum absolute atomic E-state index is 0.215. The Labute approximate surface area is 107 Å². The van der Waals surface area contributed by atoms with E-state index in [-0.39, 0.29) is 17.1 Å². The second-order valence-corrected chi connectivity index (χ2v) is 4.21. The average Bonchev–Trinajstić information content (AvgIpc) is 2.38. The summed E-state index contributed by atoms with van der Waals surface area (Å²) in [6.07, 6.45) is 1.13. The van der Waals surface area contributed by atoms with Crippen LogP contribution in [-0.2, 0) is 4.74 Å². The van der Waals surface area contributed by atoms with E-state index in [1.165, 1.54) is 17.8 Å². The van der Waals surface area contributed by atoms with Gasteiger partial charge < -0.3 is 15.7 Å². The van der Waals surface area contributed by atoms with Crippen molar-refractivity contribution in [2.24, 2.45) is 10.9 Å². The lowest BCUT2D eigenvalue weighted by Gasteiger charge is -2.06. The Morgan fingerprint density at radius 1 is 1.78 bits per heavy atom. The van der Waals surface area contributed by atoms with Crippen molar-refractivity contribution in [3.05, 3.63) is 27.9 Å². The van der Waals surface area contributed by atoms with Gasteiger partial charge in [0.15, 0.2) is 5.84 Å². The zero-order valence-electron chi connectivity index (χ0n) is 9.57. The molecule has 0 amide bonds. The molecule has 0 fully saturated rings. The fourth-order valence-electron chi connectivity index (χ4n) is 1.12. The average molecular weight is 272 g/mol. The molecule has 98 valence electrons. The number of nitro groups is 1. The molecule has 9 heteroatoms. The van der Waals surface area contributed by atoms with Crippen molar-refractivity contribution in [1.82, 2.24) is 4.98 Å². The maximum absolute atomic E-state index is 10.6. The number of hydrogen-bond acceptors (Lipinski definition) is 7. The van der Waals surface area contributed by atoms with Crippen molar-refractivity contribution in [2.45, 2.75) is 5.03 Å². The van der Waals surface area contributed by atoms with Gasteiger partial charge in [-0.05, 0) is 0 Å². The maximum Gasteiger partial charge on any atom is 0.288 e. The predicted octanol–water partition coefficient (Wildman–Crippen LogP) is 0.823. The lowest BCUT2D eigenvalue weighted by molar-refractivity contribution is -0.385. The molecular formula is C9H12N4O4S. The zero-order valence-corrected chi connectivity index (χ0v) is 10.4. The molecule has 0 aliphatic carbocycles. The fourth-order valence-corrected chi connectivity index (χ4v) is 2.00. The van der Waals surface area contributed by atoms with Crippen LogP contribution >= 0.6 is 11.8 Å². The van der Waals surface area contributed by atoms with Crippen molar-refractivity contribution in [1.29, 1.82) is 0 Å². The second-order valence-electron chi connectivity index (χ2n) is 3.13. The van der Waals surface area contributed by atoms with Crippen molar-refractivity contribution >= 4 is 23.3 Å². The summed E-state index contributed by atoms with van der Waals surface area (Å²) in [4.78, 5) is 14.0. The molecule has 1 rings (SSSR count). The quantitative estimate of drug-likeness (QED) is 0.149. The first-order valence-corrected chi connectivity index (χ1v) is 5.82. The van der Waals surface area contributed by atoms with Gasteiger partial charge in [0.1, 0.15) is 11.2 Å². The van der Waals surface area contributed by atoms with Crippen molar-refractivity contribution in [2.75, 3.05) is 19.5 Å². The number of nitrogens with zero attached hydrogens (tertiary/aromatic N) is 3. The number of rotatable bonds is 6. The molecule has 0 atom stereocenters. The lowest BCUT2D eigenvalue weighted by atomic mass is 10.2. The lowest BCUT2D eigenvalue weighted by Crippen LogP contribution is -2.15. The Morgan fingerprint density at radius 2 is 2.50 bits per heavy atom. The van der Waals surface area contributed by atoms with E-state index in [1.54, 1.807) is 7.11 Å². The number of aromatic nitrogens is 1. The molecule has 0 radical (unpaired) electrons. The molecule has 0 aromatic carbocycles.